The quantitative estimate of drug-likeness (QED) is 0.230. The number of unbranched alkanes of at least 4 members (excludes halogenated alkanes) is 10. The van der Waals surface area contributed by atoms with Crippen LogP contribution in [0.1, 0.15) is 103 Å². The Morgan fingerprint density at radius 1 is 0.760 bits per heavy atom. The van der Waals surface area contributed by atoms with Crippen molar-refractivity contribution in [3.63, 3.8) is 0 Å². The zero-order valence-corrected chi connectivity index (χ0v) is 16.0. The predicted octanol–water partition coefficient (Wildman–Crippen LogP) is 4.28. The van der Waals surface area contributed by atoms with Crippen LogP contribution in [0, 0.1) is 0 Å². The lowest BCUT2D eigenvalue weighted by Gasteiger charge is -2.10. The Bertz CT molecular complexity index is 330. The van der Waals surface area contributed by atoms with Gasteiger partial charge in [0.25, 0.3) is 0 Å². The van der Waals surface area contributed by atoms with E-state index in [1.807, 2.05) is 0 Å². The average Bonchev–Trinajstić information content (AvgIpc) is 2.59. The van der Waals surface area contributed by atoms with E-state index < -0.39 is 18.5 Å². The molecule has 0 saturated heterocycles. The van der Waals surface area contributed by atoms with Gasteiger partial charge in [0.1, 0.15) is 6.61 Å². The highest BCUT2D eigenvalue weighted by Gasteiger charge is 2.10. The van der Waals surface area contributed by atoms with Gasteiger partial charge in [0, 0.05) is 6.42 Å². The van der Waals surface area contributed by atoms with Gasteiger partial charge in [0.2, 0.25) is 0 Å². The van der Waals surface area contributed by atoms with E-state index in [4.69, 9.17) is 5.11 Å². The molecule has 0 radical (unpaired) electrons. The summed E-state index contributed by atoms with van der Waals surface area (Å²) < 4.78 is 4.34. The van der Waals surface area contributed by atoms with Crippen molar-refractivity contribution in [1.29, 1.82) is 0 Å². The third kappa shape index (κ3) is 17.7. The summed E-state index contributed by atoms with van der Waals surface area (Å²) in [5.41, 5.74) is 0. The number of carbonyl (C=O) groups is 2. The van der Waals surface area contributed by atoms with Gasteiger partial charge in [-0.15, -0.1) is 0 Å². The zero-order valence-electron chi connectivity index (χ0n) is 16.0. The summed E-state index contributed by atoms with van der Waals surface area (Å²) in [5.74, 6) is -1.56. The van der Waals surface area contributed by atoms with E-state index in [1.165, 1.54) is 57.8 Å². The van der Waals surface area contributed by atoms with Crippen molar-refractivity contribution in [3.05, 3.63) is 0 Å². The maximum absolute atomic E-state index is 11.2. The summed E-state index contributed by atoms with van der Waals surface area (Å²) in [7, 11) is 0. The summed E-state index contributed by atoms with van der Waals surface area (Å²) in [6, 6.07) is 0. The van der Waals surface area contributed by atoms with Crippen LogP contribution in [0.4, 0.5) is 0 Å². The number of hydrogen-bond donors (Lipinski definition) is 2. The van der Waals surface area contributed by atoms with Crippen LogP contribution < -0.4 is 0 Å². The smallest absolute Gasteiger partial charge is 0.339 e. The largest absolute Gasteiger partial charge is 0.393 e. The van der Waals surface area contributed by atoms with Crippen LogP contribution >= 0.6 is 0 Å². The van der Waals surface area contributed by atoms with Crippen LogP contribution in [0.25, 0.3) is 0 Å². The fraction of sp³-hybridized carbons (Fsp3) is 0.900. The Kier molecular flexibility index (Phi) is 17.2. The molecule has 5 nitrogen and oxygen atoms in total. The lowest BCUT2D eigenvalue weighted by molar-refractivity contribution is -0.161. The minimum absolute atomic E-state index is 0.0983. The summed E-state index contributed by atoms with van der Waals surface area (Å²) in [6.07, 6.45) is 15.7. The third-order valence-corrected chi connectivity index (χ3v) is 4.42. The van der Waals surface area contributed by atoms with E-state index in [0.29, 0.717) is 12.8 Å². The first-order chi connectivity index (χ1) is 12.1. The van der Waals surface area contributed by atoms with Crippen molar-refractivity contribution >= 4 is 11.9 Å². The van der Waals surface area contributed by atoms with Crippen LogP contribution in [0.5, 0.6) is 0 Å². The summed E-state index contributed by atoms with van der Waals surface area (Å²) >= 11 is 0. The maximum Gasteiger partial charge on any atom is 0.339 e. The van der Waals surface area contributed by atoms with Crippen molar-refractivity contribution in [3.8, 4) is 0 Å². The maximum atomic E-state index is 11.2. The van der Waals surface area contributed by atoms with Crippen LogP contribution in [-0.4, -0.2) is 34.9 Å². The fourth-order valence-electron chi connectivity index (χ4n) is 2.88. The Balaban J connectivity index is 3.31. The van der Waals surface area contributed by atoms with Gasteiger partial charge >= 0.3 is 11.9 Å². The molecule has 0 aromatic carbocycles. The second-order valence-corrected chi connectivity index (χ2v) is 6.87. The highest BCUT2D eigenvalue weighted by Crippen LogP contribution is 2.14. The zero-order chi connectivity index (χ0) is 18.8. The molecule has 0 aromatic heterocycles. The number of aliphatic hydroxyl groups excluding tert-OH is 2. The molecule has 1 atom stereocenters. The van der Waals surface area contributed by atoms with E-state index in [-0.39, 0.29) is 12.5 Å². The molecule has 1 unspecified atom stereocenters. The minimum atomic E-state index is -0.925. The Labute approximate surface area is 153 Å². The fourth-order valence-corrected chi connectivity index (χ4v) is 2.88. The molecule has 0 aliphatic carbocycles. The van der Waals surface area contributed by atoms with Crippen LogP contribution in [-0.2, 0) is 14.3 Å². The lowest BCUT2D eigenvalue weighted by atomic mass is 10.0. The second kappa shape index (κ2) is 17.9. The van der Waals surface area contributed by atoms with Crippen molar-refractivity contribution in [2.45, 2.75) is 109 Å². The molecular weight excluding hydrogens is 320 g/mol. The van der Waals surface area contributed by atoms with E-state index in [2.05, 4.69) is 11.7 Å². The van der Waals surface area contributed by atoms with Crippen LogP contribution in [0.2, 0.25) is 0 Å². The van der Waals surface area contributed by atoms with E-state index in [1.54, 1.807) is 0 Å². The molecule has 0 aliphatic heterocycles. The van der Waals surface area contributed by atoms with Crippen molar-refractivity contribution in [2.75, 3.05) is 6.61 Å². The van der Waals surface area contributed by atoms with Gasteiger partial charge in [-0.25, -0.2) is 4.79 Å². The van der Waals surface area contributed by atoms with E-state index in [9.17, 15) is 14.7 Å². The predicted molar refractivity (Wildman–Crippen MR) is 99.1 cm³/mol. The number of rotatable bonds is 17. The number of esters is 2. The number of carbonyl (C=O) groups excluding carboxylic acids is 2. The van der Waals surface area contributed by atoms with Gasteiger partial charge in [-0.2, -0.15) is 0 Å². The van der Waals surface area contributed by atoms with Gasteiger partial charge in [-0.05, 0) is 19.3 Å². The molecule has 0 aromatic rings. The first-order valence-corrected chi connectivity index (χ1v) is 10.1. The lowest BCUT2D eigenvalue weighted by Crippen LogP contribution is -2.16. The molecule has 0 saturated carbocycles. The summed E-state index contributed by atoms with van der Waals surface area (Å²) in [4.78, 5) is 21.9. The van der Waals surface area contributed by atoms with Crippen molar-refractivity contribution < 1.29 is 24.5 Å². The molecule has 0 heterocycles. The molecule has 25 heavy (non-hydrogen) atoms. The van der Waals surface area contributed by atoms with Crippen LogP contribution in [0.15, 0.2) is 0 Å². The molecule has 148 valence electrons. The second-order valence-electron chi connectivity index (χ2n) is 6.87. The van der Waals surface area contributed by atoms with Gasteiger partial charge in [-0.1, -0.05) is 77.6 Å². The standard InChI is InChI=1S/C20H38O5/c1-2-3-4-5-6-7-8-9-10-11-12-14-18(22)15-13-16-19(23)25-20(24)17-21/h18,21-22H,2-17H2,1H3. The average molecular weight is 359 g/mol. The monoisotopic (exact) mass is 358 g/mol. The highest BCUT2D eigenvalue weighted by atomic mass is 16.6. The van der Waals surface area contributed by atoms with Crippen LogP contribution in [0.3, 0.4) is 0 Å². The van der Waals surface area contributed by atoms with Gasteiger partial charge < -0.3 is 14.9 Å². The molecule has 0 fully saturated rings. The van der Waals surface area contributed by atoms with Gasteiger partial charge in [0.15, 0.2) is 0 Å². The molecule has 0 amide bonds. The van der Waals surface area contributed by atoms with E-state index >= 15 is 0 Å². The van der Waals surface area contributed by atoms with Gasteiger partial charge in [-0.3, -0.25) is 4.79 Å². The number of ether oxygens (including phenoxy) is 1. The Hall–Kier alpha value is -0.940. The topological polar surface area (TPSA) is 83.8 Å². The Morgan fingerprint density at radius 3 is 1.76 bits per heavy atom. The van der Waals surface area contributed by atoms with Crippen molar-refractivity contribution in [2.24, 2.45) is 0 Å². The molecule has 0 spiro atoms. The first kappa shape index (κ1) is 24.1. The SMILES string of the molecule is CCCCCCCCCCCCCC(O)CCCC(=O)OC(=O)CO. The third-order valence-electron chi connectivity index (χ3n) is 4.42. The summed E-state index contributed by atoms with van der Waals surface area (Å²) in [6.45, 7) is 1.46. The normalized spacial score (nSPS) is 12.1. The molecular formula is C20H38O5. The number of aliphatic hydroxyl groups is 2. The highest BCUT2D eigenvalue weighted by molar-refractivity contribution is 5.85. The molecule has 5 heteroatoms. The molecule has 0 bridgehead atoms. The molecule has 0 rings (SSSR count). The minimum Gasteiger partial charge on any atom is -0.393 e. The van der Waals surface area contributed by atoms with Crippen molar-refractivity contribution in [1.82, 2.24) is 0 Å². The van der Waals surface area contributed by atoms with E-state index in [0.717, 1.165) is 19.3 Å². The molecule has 0 aliphatic rings. The number of hydrogen-bond acceptors (Lipinski definition) is 5. The Morgan fingerprint density at radius 2 is 1.24 bits per heavy atom. The van der Waals surface area contributed by atoms with Gasteiger partial charge in [0.05, 0.1) is 6.10 Å². The molecule has 2 N–H and O–H groups in total. The summed E-state index contributed by atoms with van der Waals surface area (Å²) in [5, 5.41) is 18.3. The first-order valence-electron chi connectivity index (χ1n) is 10.1.